The normalized spacial score (nSPS) is 30.0. The molecule has 13 heavy (non-hydrogen) atoms. The Morgan fingerprint density at radius 1 is 1.54 bits per heavy atom. The molecule has 1 saturated heterocycles. The van der Waals surface area contributed by atoms with E-state index in [0.29, 0.717) is 0 Å². The standard InChI is InChI=1S/C7H10F3NO2/c1-13-6(7(8,9)10)4-2-3-5(12)11-6/h2-4H2,1H3,(H,11,12). The largest absolute Gasteiger partial charge is 0.436 e. The lowest BCUT2D eigenvalue weighted by molar-refractivity contribution is -0.286. The van der Waals surface area contributed by atoms with Crippen LogP contribution in [-0.2, 0) is 9.53 Å². The van der Waals surface area contributed by atoms with Gasteiger partial charge in [0.1, 0.15) is 0 Å². The minimum atomic E-state index is -4.56. The molecule has 3 nitrogen and oxygen atoms in total. The number of ether oxygens (including phenoxy) is 1. The molecule has 1 rings (SSSR count). The average Bonchev–Trinajstić information content (AvgIpc) is 2.02. The molecule has 0 saturated carbocycles. The van der Waals surface area contributed by atoms with E-state index in [9.17, 15) is 18.0 Å². The number of hydrogen-bond acceptors (Lipinski definition) is 2. The Balaban J connectivity index is 2.86. The molecule has 1 aliphatic rings. The molecular weight excluding hydrogens is 187 g/mol. The molecule has 6 heteroatoms. The van der Waals surface area contributed by atoms with Crippen LogP contribution in [0.5, 0.6) is 0 Å². The lowest BCUT2D eigenvalue weighted by Crippen LogP contribution is -2.62. The number of carbonyl (C=O) groups excluding carboxylic acids is 1. The lowest BCUT2D eigenvalue weighted by Gasteiger charge is -2.37. The van der Waals surface area contributed by atoms with Gasteiger partial charge in [-0.3, -0.25) is 4.79 Å². The zero-order chi connectivity index (χ0) is 10.1. The third kappa shape index (κ3) is 1.77. The highest BCUT2D eigenvalue weighted by Crippen LogP contribution is 2.37. The summed E-state index contributed by atoms with van der Waals surface area (Å²) in [5.74, 6) is -0.620. The Morgan fingerprint density at radius 2 is 2.15 bits per heavy atom. The first kappa shape index (κ1) is 10.3. The Kier molecular flexibility index (Phi) is 2.51. The van der Waals surface area contributed by atoms with Crippen LogP contribution in [0.1, 0.15) is 19.3 Å². The van der Waals surface area contributed by atoms with Crippen molar-refractivity contribution in [1.29, 1.82) is 0 Å². The molecule has 1 heterocycles. The first-order valence-electron chi connectivity index (χ1n) is 3.84. The second kappa shape index (κ2) is 3.17. The van der Waals surface area contributed by atoms with Gasteiger partial charge in [-0.25, -0.2) is 0 Å². The number of carbonyl (C=O) groups is 1. The Labute approximate surface area is 73.2 Å². The maximum atomic E-state index is 12.4. The summed E-state index contributed by atoms with van der Waals surface area (Å²) in [5, 5.41) is 1.83. The maximum Gasteiger partial charge on any atom is 0.436 e. The van der Waals surface area contributed by atoms with Crippen molar-refractivity contribution in [3.05, 3.63) is 0 Å². The number of alkyl halides is 3. The zero-order valence-electron chi connectivity index (χ0n) is 7.07. The average molecular weight is 197 g/mol. The SMILES string of the molecule is COC1(C(F)(F)F)CCCC(=O)N1. The highest BCUT2D eigenvalue weighted by Gasteiger charge is 2.57. The van der Waals surface area contributed by atoms with Crippen LogP contribution in [0.25, 0.3) is 0 Å². The molecule has 1 fully saturated rings. The van der Waals surface area contributed by atoms with E-state index in [0.717, 1.165) is 7.11 Å². The van der Waals surface area contributed by atoms with Crippen LogP contribution in [0.3, 0.4) is 0 Å². The van der Waals surface area contributed by atoms with Crippen LogP contribution in [0.2, 0.25) is 0 Å². The number of amides is 1. The Hall–Kier alpha value is -0.780. The van der Waals surface area contributed by atoms with Gasteiger partial charge in [0, 0.05) is 20.0 Å². The molecule has 1 atom stereocenters. The molecule has 0 spiro atoms. The van der Waals surface area contributed by atoms with Crippen molar-refractivity contribution in [2.75, 3.05) is 7.11 Å². The number of rotatable bonds is 1. The summed E-state index contributed by atoms with van der Waals surface area (Å²) in [5.41, 5.74) is -2.47. The van der Waals surface area contributed by atoms with Gasteiger partial charge >= 0.3 is 6.18 Å². The second-order valence-electron chi connectivity index (χ2n) is 2.93. The summed E-state index contributed by atoms with van der Waals surface area (Å²) in [6.07, 6.45) is -4.46. The molecule has 1 aliphatic heterocycles. The number of methoxy groups -OCH3 is 1. The van der Waals surface area contributed by atoms with Crippen LogP contribution < -0.4 is 5.32 Å². The predicted octanol–water partition coefficient (Wildman–Crippen LogP) is 1.19. The molecule has 76 valence electrons. The highest BCUT2D eigenvalue weighted by molar-refractivity contribution is 5.77. The first-order valence-corrected chi connectivity index (χ1v) is 3.84. The summed E-state index contributed by atoms with van der Waals surface area (Å²) in [4.78, 5) is 10.8. The monoisotopic (exact) mass is 197 g/mol. The Morgan fingerprint density at radius 3 is 2.46 bits per heavy atom. The third-order valence-corrected chi connectivity index (χ3v) is 2.08. The van der Waals surface area contributed by atoms with Crippen LogP contribution in [0.4, 0.5) is 13.2 Å². The van der Waals surface area contributed by atoms with Gasteiger partial charge in [0.25, 0.3) is 0 Å². The minimum Gasteiger partial charge on any atom is -0.351 e. The van der Waals surface area contributed by atoms with Gasteiger partial charge in [0.05, 0.1) is 0 Å². The van der Waals surface area contributed by atoms with Gasteiger partial charge in [-0.15, -0.1) is 0 Å². The molecule has 0 radical (unpaired) electrons. The topological polar surface area (TPSA) is 38.3 Å². The first-order chi connectivity index (χ1) is 5.91. The summed E-state index contributed by atoms with van der Waals surface area (Å²) >= 11 is 0. The summed E-state index contributed by atoms with van der Waals surface area (Å²) in [6.45, 7) is 0. The zero-order valence-corrected chi connectivity index (χ0v) is 7.07. The molecule has 0 aromatic heterocycles. The van der Waals surface area contributed by atoms with Crippen molar-refractivity contribution < 1.29 is 22.7 Å². The summed E-state index contributed by atoms with van der Waals surface area (Å²) < 4.78 is 41.6. The van der Waals surface area contributed by atoms with Crippen molar-refractivity contribution >= 4 is 5.91 Å². The van der Waals surface area contributed by atoms with Gasteiger partial charge in [-0.05, 0) is 6.42 Å². The third-order valence-electron chi connectivity index (χ3n) is 2.08. The summed E-state index contributed by atoms with van der Waals surface area (Å²) in [6, 6.07) is 0. The van der Waals surface area contributed by atoms with Crippen LogP contribution >= 0.6 is 0 Å². The molecule has 1 unspecified atom stereocenters. The molecule has 0 aromatic carbocycles. The number of hydrogen-bond donors (Lipinski definition) is 1. The molecular formula is C7H10F3NO2. The fourth-order valence-corrected chi connectivity index (χ4v) is 1.33. The van der Waals surface area contributed by atoms with Crippen molar-refractivity contribution in [2.24, 2.45) is 0 Å². The van der Waals surface area contributed by atoms with Gasteiger partial charge in [0.2, 0.25) is 11.6 Å². The van der Waals surface area contributed by atoms with Gasteiger partial charge in [-0.1, -0.05) is 0 Å². The van der Waals surface area contributed by atoms with E-state index in [-0.39, 0.29) is 19.3 Å². The van der Waals surface area contributed by atoms with E-state index >= 15 is 0 Å². The van der Waals surface area contributed by atoms with Crippen LogP contribution in [-0.4, -0.2) is 24.9 Å². The van der Waals surface area contributed by atoms with Gasteiger partial charge in [-0.2, -0.15) is 13.2 Å². The maximum absolute atomic E-state index is 12.4. The molecule has 1 amide bonds. The Bertz CT molecular complexity index is 216. The molecule has 0 bridgehead atoms. The number of nitrogens with one attached hydrogen (secondary N) is 1. The number of piperidine rings is 1. The van der Waals surface area contributed by atoms with Crippen LogP contribution in [0.15, 0.2) is 0 Å². The van der Waals surface area contributed by atoms with Crippen molar-refractivity contribution in [1.82, 2.24) is 5.32 Å². The van der Waals surface area contributed by atoms with Gasteiger partial charge in [0.15, 0.2) is 0 Å². The van der Waals surface area contributed by atoms with E-state index in [1.165, 1.54) is 0 Å². The summed E-state index contributed by atoms with van der Waals surface area (Å²) in [7, 11) is 0.944. The fraction of sp³-hybridized carbons (Fsp3) is 0.857. The van der Waals surface area contributed by atoms with Crippen LogP contribution in [0, 0.1) is 0 Å². The van der Waals surface area contributed by atoms with Gasteiger partial charge < -0.3 is 10.1 Å². The minimum absolute atomic E-state index is 0.126. The van der Waals surface area contributed by atoms with Crippen molar-refractivity contribution in [3.8, 4) is 0 Å². The fourth-order valence-electron chi connectivity index (χ4n) is 1.33. The highest BCUT2D eigenvalue weighted by atomic mass is 19.4. The smallest absolute Gasteiger partial charge is 0.351 e. The van der Waals surface area contributed by atoms with E-state index in [4.69, 9.17) is 0 Å². The van der Waals surface area contributed by atoms with E-state index in [2.05, 4.69) is 4.74 Å². The van der Waals surface area contributed by atoms with Crippen molar-refractivity contribution in [2.45, 2.75) is 31.2 Å². The van der Waals surface area contributed by atoms with Crippen molar-refractivity contribution in [3.63, 3.8) is 0 Å². The number of halogens is 3. The predicted molar refractivity (Wildman–Crippen MR) is 37.8 cm³/mol. The van der Waals surface area contributed by atoms with E-state index < -0.39 is 17.8 Å². The molecule has 0 aliphatic carbocycles. The quantitative estimate of drug-likeness (QED) is 0.685. The van der Waals surface area contributed by atoms with E-state index in [1.54, 1.807) is 0 Å². The van der Waals surface area contributed by atoms with E-state index in [1.807, 2.05) is 5.32 Å². The molecule has 0 aromatic rings. The molecule has 1 N–H and O–H groups in total. The second-order valence-corrected chi connectivity index (χ2v) is 2.93. The lowest BCUT2D eigenvalue weighted by atomic mass is 10.00.